The summed E-state index contributed by atoms with van der Waals surface area (Å²) < 4.78 is 18.8. The highest BCUT2D eigenvalue weighted by molar-refractivity contribution is 5.12. The molecular weight excluding hydrogens is 231 g/mol. The zero-order chi connectivity index (χ0) is 13.2. The summed E-state index contributed by atoms with van der Waals surface area (Å²) in [6.07, 6.45) is 3.22. The largest absolute Gasteiger partial charge is 0.368 e. The van der Waals surface area contributed by atoms with Crippen LogP contribution >= 0.6 is 0 Å². The molecule has 2 heterocycles. The number of halogens is 1. The Morgan fingerprint density at radius 3 is 2.67 bits per heavy atom. The summed E-state index contributed by atoms with van der Waals surface area (Å²) in [6, 6.07) is 3.31. The van der Waals surface area contributed by atoms with Gasteiger partial charge in [-0.15, -0.1) is 0 Å². The first-order chi connectivity index (χ1) is 8.60. The van der Waals surface area contributed by atoms with Crippen molar-refractivity contribution in [1.82, 2.24) is 10.3 Å². The van der Waals surface area contributed by atoms with Crippen LogP contribution in [0.15, 0.2) is 18.3 Å². The molecule has 1 aliphatic heterocycles. The summed E-state index contributed by atoms with van der Waals surface area (Å²) >= 11 is 0. The first kappa shape index (κ1) is 13.4. The quantitative estimate of drug-likeness (QED) is 0.898. The van der Waals surface area contributed by atoms with Gasteiger partial charge in [-0.05, 0) is 31.9 Å². The summed E-state index contributed by atoms with van der Waals surface area (Å²) in [7, 11) is 0. The minimum absolute atomic E-state index is 0.0654. The first-order valence-electron chi connectivity index (χ1n) is 6.61. The van der Waals surface area contributed by atoms with Crippen LogP contribution in [0.2, 0.25) is 0 Å². The van der Waals surface area contributed by atoms with Gasteiger partial charge in [0.25, 0.3) is 0 Å². The molecule has 0 saturated carbocycles. The normalized spacial score (nSPS) is 27.1. The number of nitrogens with zero attached hydrogens (tertiary/aromatic N) is 1. The number of rotatable bonds is 3. The van der Waals surface area contributed by atoms with Crippen LogP contribution < -0.4 is 5.32 Å². The molecule has 0 spiro atoms. The van der Waals surface area contributed by atoms with Crippen LogP contribution in [0.4, 0.5) is 4.39 Å². The Kier molecular flexibility index (Phi) is 3.97. The maximum atomic E-state index is 12.9. The Hall–Kier alpha value is -1.00. The fraction of sp³-hybridized carbons (Fsp3) is 0.643. The van der Waals surface area contributed by atoms with Gasteiger partial charge in [-0.1, -0.05) is 13.8 Å². The van der Waals surface area contributed by atoms with Gasteiger partial charge in [-0.25, -0.2) is 4.39 Å². The third-order valence-corrected chi connectivity index (χ3v) is 3.92. The number of hydrogen-bond acceptors (Lipinski definition) is 3. The van der Waals surface area contributed by atoms with Crippen molar-refractivity contribution in [3.05, 3.63) is 29.8 Å². The molecule has 1 aromatic heterocycles. The van der Waals surface area contributed by atoms with E-state index in [1.807, 2.05) is 0 Å². The van der Waals surface area contributed by atoms with Crippen LogP contribution in [0, 0.1) is 5.82 Å². The molecule has 2 rings (SSSR count). The molecule has 3 nitrogen and oxygen atoms in total. The minimum Gasteiger partial charge on any atom is -0.368 e. The Bertz CT molecular complexity index is 389. The predicted octanol–water partition coefficient (Wildman–Crippen LogP) is 2.83. The van der Waals surface area contributed by atoms with Crippen molar-refractivity contribution >= 4 is 0 Å². The van der Waals surface area contributed by atoms with Gasteiger partial charge in [-0.2, -0.15) is 0 Å². The Balaban J connectivity index is 2.12. The van der Waals surface area contributed by atoms with Crippen molar-refractivity contribution in [2.24, 2.45) is 0 Å². The molecule has 4 heteroatoms. The molecule has 1 fully saturated rings. The summed E-state index contributed by atoms with van der Waals surface area (Å²) in [5.74, 6) is -0.313. The van der Waals surface area contributed by atoms with Gasteiger partial charge in [0.2, 0.25) is 0 Å². The number of hydrogen-bond donors (Lipinski definition) is 1. The van der Waals surface area contributed by atoms with E-state index in [2.05, 4.69) is 31.1 Å². The smallest absolute Gasteiger partial charge is 0.141 e. The van der Waals surface area contributed by atoms with Crippen molar-refractivity contribution in [3.63, 3.8) is 0 Å². The SMILES string of the molecule is CCC1(CC)COC(c2ccc(F)cn2)C(C)N1. The van der Waals surface area contributed by atoms with E-state index in [0.29, 0.717) is 6.61 Å². The van der Waals surface area contributed by atoms with Gasteiger partial charge in [0, 0.05) is 11.6 Å². The van der Waals surface area contributed by atoms with Crippen molar-refractivity contribution in [2.75, 3.05) is 6.61 Å². The van der Waals surface area contributed by atoms with Crippen LogP contribution in [-0.2, 0) is 4.74 Å². The molecule has 0 radical (unpaired) electrons. The van der Waals surface area contributed by atoms with Crippen LogP contribution in [0.3, 0.4) is 0 Å². The summed E-state index contributed by atoms with van der Waals surface area (Å²) in [6.45, 7) is 7.11. The standard InChI is InChI=1S/C14H21FN2O/c1-4-14(5-2)9-18-13(10(3)17-14)12-7-6-11(15)8-16-12/h6-8,10,13,17H,4-5,9H2,1-3H3. The number of aromatic nitrogens is 1. The lowest BCUT2D eigenvalue weighted by atomic mass is 9.89. The number of pyridine rings is 1. The van der Waals surface area contributed by atoms with E-state index < -0.39 is 0 Å². The van der Waals surface area contributed by atoms with Gasteiger partial charge in [-0.3, -0.25) is 4.98 Å². The molecule has 18 heavy (non-hydrogen) atoms. The molecule has 100 valence electrons. The van der Waals surface area contributed by atoms with Gasteiger partial charge < -0.3 is 10.1 Å². The monoisotopic (exact) mass is 252 g/mol. The fourth-order valence-corrected chi connectivity index (χ4v) is 2.55. The van der Waals surface area contributed by atoms with E-state index in [-0.39, 0.29) is 23.5 Å². The average Bonchev–Trinajstić information content (AvgIpc) is 2.40. The summed E-state index contributed by atoms with van der Waals surface area (Å²) in [5, 5.41) is 3.63. The molecule has 1 aromatic rings. The van der Waals surface area contributed by atoms with E-state index in [0.717, 1.165) is 18.5 Å². The lowest BCUT2D eigenvalue weighted by Crippen LogP contribution is -2.58. The Morgan fingerprint density at radius 1 is 1.44 bits per heavy atom. The molecule has 1 N–H and O–H groups in total. The van der Waals surface area contributed by atoms with E-state index in [4.69, 9.17) is 4.74 Å². The van der Waals surface area contributed by atoms with Crippen LogP contribution in [0.25, 0.3) is 0 Å². The van der Waals surface area contributed by atoms with Crippen molar-refractivity contribution in [2.45, 2.75) is 51.3 Å². The van der Waals surface area contributed by atoms with Crippen LogP contribution in [0.1, 0.15) is 45.4 Å². The first-order valence-corrected chi connectivity index (χ1v) is 6.61. The second-order valence-corrected chi connectivity index (χ2v) is 5.05. The van der Waals surface area contributed by atoms with Gasteiger partial charge in [0.15, 0.2) is 0 Å². The predicted molar refractivity (Wildman–Crippen MR) is 68.8 cm³/mol. The highest BCUT2D eigenvalue weighted by Crippen LogP contribution is 2.30. The number of morpholine rings is 1. The highest BCUT2D eigenvalue weighted by atomic mass is 19.1. The zero-order valence-corrected chi connectivity index (χ0v) is 11.2. The van der Waals surface area contributed by atoms with E-state index in [1.54, 1.807) is 6.07 Å². The second-order valence-electron chi connectivity index (χ2n) is 5.05. The maximum Gasteiger partial charge on any atom is 0.141 e. The van der Waals surface area contributed by atoms with Crippen molar-refractivity contribution in [3.8, 4) is 0 Å². The molecule has 2 unspecified atom stereocenters. The summed E-state index contributed by atoms with van der Waals surface area (Å²) in [5.41, 5.74) is 0.855. The van der Waals surface area contributed by atoms with Gasteiger partial charge >= 0.3 is 0 Å². The molecule has 0 bridgehead atoms. The summed E-state index contributed by atoms with van der Waals surface area (Å²) in [4.78, 5) is 4.11. The number of ether oxygens (including phenoxy) is 1. The molecule has 0 amide bonds. The fourth-order valence-electron chi connectivity index (χ4n) is 2.55. The van der Waals surface area contributed by atoms with Gasteiger partial charge in [0.05, 0.1) is 18.5 Å². The highest BCUT2D eigenvalue weighted by Gasteiger charge is 2.37. The van der Waals surface area contributed by atoms with Crippen molar-refractivity contribution in [1.29, 1.82) is 0 Å². The number of nitrogens with one attached hydrogen (secondary N) is 1. The second kappa shape index (κ2) is 5.33. The van der Waals surface area contributed by atoms with Crippen molar-refractivity contribution < 1.29 is 9.13 Å². The molecule has 2 atom stereocenters. The average molecular weight is 252 g/mol. The lowest BCUT2D eigenvalue weighted by molar-refractivity contribution is -0.0650. The molecule has 1 saturated heterocycles. The van der Waals surface area contributed by atoms with Gasteiger partial charge in [0.1, 0.15) is 11.9 Å². The Labute approximate surface area is 108 Å². The van der Waals surface area contributed by atoms with E-state index in [1.165, 1.54) is 12.3 Å². The maximum absolute atomic E-state index is 12.9. The molecule has 0 aromatic carbocycles. The third-order valence-electron chi connectivity index (χ3n) is 3.92. The van der Waals surface area contributed by atoms with Crippen LogP contribution in [0.5, 0.6) is 0 Å². The topological polar surface area (TPSA) is 34.1 Å². The molecule has 0 aliphatic carbocycles. The van der Waals surface area contributed by atoms with E-state index in [9.17, 15) is 4.39 Å². The Morgan fingerprint density at radius 2 is 2.17 bits per heavy atom. The lowest BCUT2D eigenvalue weighted by Gasteiger charge is -2.44. The van der Waals surface area contributed by atoms with Crippen LogP contribution in [-0.4, -0.2) is 23.2 Å². The molecular formula is C14H21FN2O. The van der Waals surface area contributed by atoms with E-state index >= 15 is 0 Å². The zero-order valence-electron chi connectivity index (χ0n) is 11.2. The molecule has 1 aliphatic rings. The third kappa shape index (κ3) is 2.54. The minimum atomic E-state index is -0.313.